The van der Waals surface area contributed by atoms with Crippen LogP contribution in [-0.2, 0) is 6.42 Å². The van der Waals surface area contributed by atoms with E-state index in [1.165, 1.54) is 0 Å². The summed E-state index contributed by atoms with van der Waals surface area (Å²) in [4.78, 5) is 0. The zero-order valence-electron chi connectivity index (χ0n) is 10.3. The molecule has 0 aliphatic heterocycles. The lowest BCUT2D eigenvalue weighted by atomic mass is 9.79. The van der Waals surface area contributed by atoms with E-state index in [9.17, 15) is 13.2 Å². The van der Waals surface area contributed by atoms with Crippen LogP contribution in [0.3, 0.4) is 0 Å². The molecule has 1 aliphatic rings. The molecule has 1 aromatic heterocycles. The third kappa shape index (κ3) is 2.47. The summed E-state index contributed by atoms with van der Waals surface area (Å²) in [6, 6.07) is 0. The Labute approximate surface area is 104 Å². The second kappa shape index (κ2) is 4.82. The molecule has 1 aromatic rings. The first-order valence-corrected chi connectivity index (χ1v) is 6.24. The van der Waals surface area contributed by atoms with Gasteiger partial charge >= 0.3 is 6.18 Å². The molecule has 102 valence electrons. The molecule has 0 amide bonds. The molecule has 2 atom stereocenters. The van der Waals surface area contributed by atoms with Gasteiger partial charge in [0, 0.05) is 11.5 Å². The Kier molecular flexibility index (Phi) is 3.54. The number of nitrogen functional groups attached to an aromatic ring is 1. The molecule has 0 saturated heterocycles. The summed E-state index contributed by atoms with van der Waals surface area (Å²) in [5, 5.41) is 3.67. The molecule has 0 spiro atoms. The van der Waals surface area contributed by atoms with Gasteiger partial charge in [0.25, 0.3) is 0 Å². The van der Waals surface area contributed by atoms with Gasteiger partial charge in [-0.3, -0.25) is 0 Å². The van der Waals surface area contributed by atoms with Crippen LogP contribution in [0.15, 0.2) is 4.52 Å². The number of anilines is 1. The molecule has 3 nitrogen and oxygen atoms in total. The summed E-state index contributed by atoms with van der Waals surface area (Å²) in [5.74, 6) is -0.567. The summed E-state index contributed by atoms with van der Waals surface area (Å²) in [5.41, 5.74) is 6.42. The van der Waals surface area contributed by atoms with Crippen molar-refractivity contribution in [1.82, 2.24) is 5.16 Å². The molecule has 1 heterocycles. The molecule has 0 bridgehead atoms. The Hall–Kier alpha value is -1.20. The highest BCUT2D eigenvalue weighted by molar-refractivity contribution is 5.41. The van der Waals surface area contributed by atoms with E-state index in [4.69, 9.17) is 10.3 Å². The summed E-state index contributed by atoms with van der Waals surface area (Å²) >= 11 is 0. The predicted octanol–water partition coefficient (Wildman–Crippen LogP) is 3.66. The quantitative estimate of drug-likeness (QED) is 0.885. The van der Waals surface area contributed by atoms with E-state index in [0.717, 1.165) is 5.56 Å². The standard InChI is InChI=1S/C12H17F3N2O/c1-2-9-10(18-17-11(9)16)7-4-3-5-8(6-7)12(13,14)15/h7-8H,2-6H2,1H3,(H2,16,17). The minimum atomic E-state index is -4.11. The van der Waals surface area contributed by atoms with Crippen molar-refractivity contribution in [3.8, 4) is 0 Å². The number of hydrogen-bond acceptors (Lipinski definition) is 3. The molecule has 6 heteroatoms. The van der Waals surface area contributed by atoms with E-state index in [-0.39, 0.29) is 18.8 Å². The number of halogens is 3. The molecule has 1 fully saturated rings. The highest BCUT2D eigenvalue weighted by Gasteiger charge is 2.43. The highest BCUT2D eigenvalue weighted by atomic mass is 19.4. The summed E-state index contributed by atoms with van der Waals surface area (Å²) < 4.78 is 43.4. The minimum Gasteiger partial charge on any atom is -0.381 e. The number of hydrogen-bond donors (Lipinski definition) is 1. The van der Waals surface area contributed by atoms with E-state index in [1.54, 1.807) is 0 Å². The topological polar surface area (TPSA) is 52.0 Å². The second-order valence-corrected chi connectivity index (χ2v) is 4.87. The second-order valence-electron chi connectivity index (χ2n) is 4.87. The fraction of sp³-hybridized carbons (Fsp3) is 0.750. The third-order valence-electron chi connectivity index (χ3n) is 3.71. The van der Waals surface area contributed by atoms with Gasteiger partial charge in [-0.05, 0) is 25.7 Å². The lowest BCUT2D eigenvalue weighted by molar-refractivity contribution is -0.183. The van der Waals surface area contributed by atoms with Gasteiger partial charge in [-0.15, -0.1) is 0 Å². The van der Waals surface area contributed by atoms with Gasteiger partial charge in [0.15, 0.2) is 5.82 Å². The van der Waals surface area contributed by atoms with Crippen LogP contribution >= 0.6 is 0 Å². The van der Waals surface area contributed by atoms with Crippen LogP contribution in [-0.4, -0.2) is 11.3 Å². The molecule has 1 aliphatic carbocycles. The molecule has 18 heavy (non-hydrogen) atoms. The Morgan fingerprint density at radius 3 is 2.72 bits per heavy atom. The maximum absolute atomic E-state index is 12.7. The molecule has 2 unspecified atom stereocenters. The van der Waals surface area contributed by atoms with Crippen LogP contribution in [0.2, 0.25) is 0 Å². The van der Waals surface area contributed by atoms with Crippen molar-refractivity contribution in [2.24, 2.45) is 5.92 Å². The fourth-order valence-corrected chi connectivity index (χ4v) is 2.74. The molecular weight excluding hydrogens is 245 g/mol. The van der Waals surface area contributed by atoms with Gasteiger partial charge in [-0.25, -0.2) is 0 Å². The number of rotatable bonds is 2. The normalized spacial score (nSPS) is 25.3. The Morgan fingerprint density at radius 1 is 1.39 bits per heavy atom. The van der Waals surface area contributed by atoms with Crippen molar-refractivity contribution < 1.29 is 17.7 Å². The van der Waals surface area contributed by atoms with Crippen molar-refractivity contribution in [1.29, 1.82) is 0 Å². The number of nitrogens with zero attached hydrogens (tertiary/aromatic N) is 1. The summed E-state index contributed by atoms with van der Waals surface area (Å²) in [7, 11) is 0. The molecular formula is C12H17F3N2O. The lowest BCUT2D eigenvalue weighted by Crippen LogP contribution is -2.28. The first-order chi connectivity index (χ1) is 8.43. The Morgan fingerprint density at radius 2 is 2.11 bits per heavy atom. The van der Waals surface area contributed by atoms with Crippen molar-refractivity contribution in [2.75, 3.05) is 5.73 Å². The summed E-state index contributed by atoms with van der Waals surface area (Å²) in [6.45, 7) is 1.90. The van der Waals surface area contributed by atoms with E-state index >= 15 is 0 Å². The van der Waals surface area contributed by atoms with Crippen LogP contribution in [0, 0.1) is 5.92 Å². The smallest absolute Gasteiger partial charge is 0.381 e. The number of alkyl halides is 3. The monoisotopic (exact) mass is 262 g/mol. The van der Waals surface area contributed by atoms with Crippen molar-refractivity contribution in [3.63, 3.8) is 0 Å². The van der Waals surface area contributed by atoms with E-state index < -0.39 is 12.1 Å². The van der Waals surface area contributed by atoms with E-state index in [2.05, 4.69) is 5.16 Å². The average Bonchev–Trinajstić information content (AvgIpc) is 2.69. The predicted molar refractivity (Wildman–Crippen MR) is 61.0 cm³/mol. The zero-order chi connectivity index (χ0) is 13.3. The van der Waals surface area contributed by atoms with Crippen molar-refractivity contribution >= 4 is 5.82 Å². The van der Waals surface area contributed by atoms with Crippen LogP contribution in [0.25, 0.3) is 0 Å². The Balaban J connectivity index is 2.18. The lowest BCUT2D eigenvalue weighted by Gasteiger charge is -2.29. The SMILES string of the molecule is CCc1c(N)noc1C1CCCC(C(F)(F)F)C1. The first-order valence-electron chi connectivity index (χ1n) is 6.24. The Bertz CT molecular complexity index is 414. The van der Waals surface area contributed by atoms with E-state index in [1.807, 2.05) is 6.92 Å². The van der Waals surface area contributed by atoms with Crippen LogP contribution in [0.1, 0.15) is 49.8 Å². The highest BCUT2D eigenvalue weighted by Crippen LogP contribution is 2.44. The molecule has 2 N–H and O–H groups in total. The molecule has 1 saturated carbocycles. The van der Waals surface area contributed by atoms with Crippen LogP contribution < -0.4 is 5.73 Å². The van der Waals surface area contributed by atoms with Gasteiger partial charge in [-0.2, -0.15) is 13.2 Å². The van der Waals surface area contributed by atoms with Crippen LogP contribution in [0.5, 0.6) is 0 Å². The first kappa shape index (κ1) is 13.2. The maximum atomic E-state index is 12.7. The van der Waals surface area contributed by atoms with Gasteiger partial charge < -0.3 is 10.3 Å². The third-order valence-corrected chi connectivity index (χ3v) is 3.71. The molecule has 0 aromatic carbocycles. The summed E-state index contributed by atoms with van der Waals surface area (Å²) in [6.07, 6.45) is -1.89. The molecule has 2 rings (SSSR count). The fourth-order valence-electron chi connectivity index (χ4n) is 2.74. The molecule has 0 radical (unpaired) electrons. The largest absolute Gasteiger partial charge is 0.391 e. The van der Waals surface area contributed by atoms with Gasteiger partial charge in [-0.1, -0.05) is 18.5 Å². The van der Waals surface area contributed by atoms with Gasteiger partial charge in [0.2, 0.25) is 0 Å². The van der Waals surface area contributed by atoms with Gasteiger partial charge in [0.05, 0.1) is 5.92 Å². The van der Waals surface area contributed by atoms with Crippen molar-refractivity contribution in [2.45, 2.75) is 51.1 Å². The van der Waals surface area contributed by atoms with E-state index in [0.29, 0.717) is 30.8 Å². The average molecular weight is 262 g/mol. The van der Waals surface area contributed by atoms with Gasteiger partial charge in [0.1, 0.15) is 5.76 Å². The minimum absolute atomic E-state index is 0.0884. The van der Waals surface area contributed by atoms with Crippen LogP contribution in [0.4, 0.5) is 19.0 Å². The number of aromatic nitrogens is 1. The van der Waals surface area contributed by atoms with Crippen molar-refractivity contribution in [3.05, 3.63) is 11.3 Å². The zero-order valence-corrected chi connectivity index (χ0v) is 10.3. The maximum Gasteiger partial charge on any atom is 0.391 e. The number of nitrogens with two attached hydrogens (primary N) is 1.